The summed E-state index contributed by atoms with van der Waals surface area (Å²) in [6, 6.07) is 4.86. The molecule has 0 spiro atoms. The molecule has 2 amide bonds. The van der Waals surface area contributed by atoms with Gasteiger partial charge in [0.2, 0.25) is 0 Å². The maximum atomic E-state index is 11.7. The molecule has 98 valence electrons. The fourth-order valence-electron chi connectivity index (χ4n) is 1.17. The third-order valence-electron chi connectivity index (χ3n) is 2.18. The van der Waals surface area contributed by atoms with Crippen molar-refractivity contribution in [1.29, 1.82) is 0 Å². The third kappa shape index (κ3) is 4.69. The largest absolute Gasteiger partial charge is 0.481 e. The topological polar surface area (TPSA) is 69.6 Å². The lowest BCUT2D eigenvalue weighted by molar-refractivity contribution is -0.137. The van der Waals surface area contributed by atoms with E-state index < -0.39 is 5.97 Å². The fraction of sp³-hybridized carbons (Fsp3) is 0.273. The van der Waals surface area contributed by atoms with Crippen molar-refractivity contribution in [2.24, 2.45) is 0 Å². The Morgan fingerprint density at radius 2 is 2.17 bits per heavy atom. The second kappa shape index (κ2) is 6.79. The van der Waals surface area contributed by atoms with Crippen molar-refractivity contribution in [2.75, 3.05) is 18.9 Å². The SMILES string of the molecule is CN(CCC(=O)O)C(=O)Nc1ccc(I)cc1Cl. The van der Waals surface area contributed by atoms with Gasteiger partial charge in [0.05, 0.1) is 17.1 Å². The van der Waals surface area contributed by atoms with Gasteiger partial charge >= 0.3 is 12.0 Å². The Balaban J connectivity index is 2.61. The number of halogens is 2. The molecule has 2 N–H and O–H groups in total. The van der Waals surface area contributed by atoms with Crippen LogP contribution in [0.5, 0.6) is 0 Å². The lowest BCUT2D eigenvalue weighted by Gasteiger charge is -2.17. The summed E-state index contributed by atoms with van der Waals surface area (Å²) < 4.78 is 0.967. The second-order valence-corrected chi connectivity index (χ2v) is 5.27. The molecule has 0 atom stereocenters. The van der Waals surface area contributed by atoms with Crippen LogP contribution < -0.4 is 5.32 Å². The van der Waals surface area contributed by atoms with E-state index in [1.165, 1.54) is 11.9 Å². The number of carboxylic acids is 1. The number of benzene rings is 1. The van der Waals surface area contributed by atoms with Crippen molar-refractivity contribution >= 4 is 51.9 Å². The molecule has 0 bridgehead atoms. The number of anilines is 1. The molecule has 0 saturated heterocycles. The Bertz CT molecular complexity index is 468. The highest BCUT2D eigenvalue weighted by molar-refractivity contribution is 14.1. The normalized spacial score (nSPS) is 9.94. The van der Waals surface area contributed by atoms with Gasteiger partial charge in [-0.1, -0.05) is 11.6 Å². The first-order valence-corrected chi connectivity index (χ1v) is 6.55. The average molecular weight is 383 g/mol. The minimum absolute atomic E-state index is 0.0929. The van der Waals surface area contributed by atoms with Crippen molar-refractivity contribution in [2.45, 2.75) is 6.42 Å². The molecule has 0 aliphatic heterocycles. The van der Waals surface area contributed by atoms with E-state index in [2.05, 4.69) is 27.9 Å². The van der Waals surface area contributed by atoms with Gasteiger partial charge in [-0.15, -0.1) is 0 Å². The van der Waals surface area contributed by atoms with E-state index in [-0.39, 0.29) is 19.0 Å². The maximum Gasteiger partial charge on any atom is 0.321 e. The number of nitrogens with zero attached hydrogens (tertiary/aromatic N) is 1. The van der Waals surface area contributed by atoms with Crippen LogP contribution in [0.3, 0.4) is 0 Å². The molecule has 0 fully saturated rings. The summed E-state index contributed by atoms with van der Waals surface area (Å²) in [5, 5.41) is 11.6. The van der Waals surface area contributed by atoms with Crippen LogP contribution in [0.1, 0.15) is 6.42 Å². The number of carbonyl (C=O) groups is 2. The van der Waals surface area contributed by atoms with Gasteiger partial charge in [0.15, 0.2) is 0 Å². The molecule has 0 unspecified atom stereocenters. The standard InChI is InChI=1S/C11H12ClIN2O3/c1-15(5-4-10(16)17)11(18)14-9-3-2-7(13)6-8(9)12/h2-3,6H,4-5H2,1H3,(H,14,18)(H,16,17). The number of urea groups is 1. The average Bonchev–Trinajstić information content (AvgIpc) is 2.29. The van der Waals surface area contributed by atoms with Crippen LogP contribution in [-0.4, -0.2) is 35.6 Å². The van der Waals surface area contributed by atoms with E-state index in [4.69, 9.17) is 16.7 Å². The molecule has 0 aromatic heterocycles. The Hall–Kier alpha value is -1.02. The number of amides is 2. The summed E-state index contributed by atoms with van der Waals surface area (Å²) >= 11 is 8.09. The molecule has 1 aromatic rings. The van der Waals surface area contributed by atoms with Crippen LogP contribution in [0, 0.1) is 3.57 Å². The molecule has 5 nitrogen and oxygen atoms in total. The Labute approximate surface area is 123 Å². The fourth-order valence-corrected chi connectivity index (χ4v) is 2.07. The van der Waals surface area contributed by atoms with Crippen molar-refractivity contribution in [3.63, 3.8) is 0 Å². The lowest BCUT2D eigenvalue weighted by Crippen LogP contribution is -2.33. The number of carbonyl (C=O) groups excluding carboxylic acids is 1. The zero-order chi connectivity index (χ0) is 13.7. The van der Waals surface area contributed by atoms with Gasteiger partial charge in [-0.05, 0) is 40.8 Å². The van der Waals surface area contributed by atoms with Crippen LogP contribution >= 0.6 is 34.2 Å². The minimum Gasteiger partial charge on any atom is -0.481 e. The molecule has 18 heavy (non-hydrogen) atoms. The summed E-state index contributed by atoms with van der Waals surface area (Å²) in [4.78, 5) is 23.4. The molecule has 0 aliphatic carbocycles. The first-order valence-electron chi connectivity index (χ1n) is 5.09. The zero-order valence-corrected chi connectivity index (χ0v) is 12.5. The van der Waals surface area contributed by atoms with E-state index in [9.17, 15) is 9.59 Å². The molecule has 0 radical (unpaired) electrons. The van der Waals surface area contributed by atoms with Crippen LogP contribution in [-0.2, 0) is 4.79 Å². The number of hydrogen-bond acceptors (Lipinski definition) is 2. The molecule has 0 aliphatic rings. The van der Waals surface area contributed by atoms with Crippen LogP contribution in [0.2, 0.25) is 5.02 Å². The van der Waals surface area contributed by atoms with E-state index in [1.807, 2.05) is 6.07 Å². The summed E-state index contributed by atoms with van der Waals surface area (Å²) in [5.41, 5.74) is 0.504. The quantitative estimate of drug-likeness (QED) is 0.787. The first-order chi connectivity index (χ1) is 8.40. The molecule has 1 rings (SSSR count). The van der Waals surface area contributed by atoms with Crippen LogP contribution in [0.4, 0.5) is 10.5 Å². The minimum atomic E-state index is -0.943. The van der Waals surface area contributed by atoms with Crippen molar-refractivity contribution in [3.8, 4) is 0 Å². The maximum absolute atomic E-state index is 11.7. The molecule has 7 heteroatoms. The molecular formula is C11H12ClIN2O3. The first kappa shape index (κ1) is 15.0. The van der Waals surface area contributed by atoms with Gasteiger partial charge in [0, 0.05) is 17.2 Å². The van der Waals surface area contributed by atoms with Gasteiger partial charge < -0.3 is 15.3 Å². The van der Waals surface area contributed by atoms with Crippen molar-refractivity contribution in [3.05, 3.63) is 26.8 Å². The third-order valence-corrected chi connectivity index (χ3v) is 3.16. The molecule has 0 saturated carbocycles. The number of hydrogen-bond donors (Lipinski definition) is 2. The highest BCUT2D eigenvalue weighted by Gasteiger charge is 2.11. The predicted molar refractivity (Wildman–Crippen MR) is 78.1 cm³/mol. The lowest BCUT2D eigenvalue weighted by atomic mass is 10.3. The highest BCUT2D eigenvalue weighted by atomic mass is 127. The highest BCUT2D eigenvalue weighted by Crippen LogP contribution is 2.23. The van der Waals surface area contributed by atoms with Gasteiger partial charge in [0.1, 0.15) is 0 Å². The van der Waals surface area contributed by atoms with Gasteiger partial charge in [0.25, 0.3) is 0 Å². The summed E-state index contributed by atoms with van der Waals surface area (Å²) in [6.45, 7) is 0.142. The Kier molecular flexibility index (Phi) is 5.67. The molecule has 1 aromatic carbocycles. The summed E-state index contributed by atoms with van der Waals surface area (Å²) in [5.74, 6) is -0.943. The number of nitrogens with one attached hydrogen (secondary N) is 1. The van der Waals surface area contributed by atoms with E-state index >= 15 is 0 Å². The molecular weight excluding hydrogens is 370 g/mol. The Morgan fingerprint density at radius 3 is 2.72 bits per heavy atom. The van der Waals surface area contributed by atoms with Crippen LogP contribution in [0.15, 0.2) is 18.2 Å². The second-order valence-electron chi connectivity index (χ2n) is 3.62. The Morgan fingerprint density at radius 1 is 1.50 bits per heavy atom. The monoisotopic (exact) mass is 382 g/mol. The predicted octanol–water partition coefficient (Wildman–Crippen LogP) is 2.88. The van der Waals surface area contributed by atoms with E-state index in [1.54, 1.807) is 12.1 Å². The van der Waals surface area contributed by atoms with Crippen LogP contribution in [0.25, 0.3) is 0 Å². The molecule has 0 heterocycles. The summed E-state index contributed by atoms with van der Waals surface area (Å²) in [7, 11) is 1.53. The number of carboxylic acid groups (broad SMARTS) is 1. The van der Waals surface area contributed by atoms with Crippen molar-refractivity contribution in [1.82, 2.24) is 4.90 Å². The van der Waals surface area contributed by atoms with Crippen molar-refractivity contribution < 1.29 is 14.7 Å². The van der Waals surface area contributed by atoms with Gasteiger partial charge in [-0.2, -0.15) is 0 Å². The smallest absolute Gasteiger partial charge is 0.321 e. The van der Waals surface area contributed by atoms with E-state index in [0.29, 0.717) is 10.7 Å². The number of rotatable bonds is 4. The number of aliphatic carboxylic acids is 1. The van der Waals surface area contributed by atoms with E-state index in [0.717, 1.165) is 3.57 Å². The summed E-state index contributed by atoms with van der Waals surface area (Å²) in [6.07, 6.45) is -0.0929. The van der Waals surface area contributed by atoms with Gasteiger partial charge in [-0.3, -0.25) is 4.79 Å². The zero-order valence-electron chi connectivity index (χ0n) is 9.61. The van der Waals surface area contributed by atoms with Gasteiger partial charge in [-0.25, -0.2) is 4.79 Å².